The van der Waals surface area contributed by atoms with Gasteiger partial charge in [-0.2, -0.15) is 0 Å². The molecule has 1 aromatic carbocycles. The van der Waals surface area contributed by atoms with Crippen LogP contribution >= 0.6 is 0 Å². The van der Waals surface area contributed by atoms with Gasteiger partial charge in [-0.15, -0.1) is 10.2 Å². The second-order valence-corrected chi connectivity index (χ2v) is 11.3. The number of carbonyl (C=O) groups excluding carboxylic acids is 1. The number of amides is 1. The molecule has 1 saturated heterocycles. The first-order valence-electron chi connectivity index (χ1n) is 14.1. The van der Waals surface area contributed by atoms with Gasteiger partial charge in [0.1, 0.15) is 11.6 Å². The molecule has 3 fully saturated rings. The smallest absolute Gasteiger partial charge is 0.225 e. The number of aryl methyl sites for hydroxylation is 2. The zero-order valence-corrected chi connectivity index (χ0v) is 22.3. The van der Waals surface area contributed by atoms with E-state index in [1.54, 1.807) is 7.11 Å². The van der Waals surface area contributed by atoms with E-state index in [4.69, 9.17) is 14.9 Å². The van der Waals surface area contributed by atoms with E-state index in [1.807, 2.05) is 19.1 Å². The predicted molar refractivity (Wildman–Crippen MR) is 141 cm³/mol. The Hall–Kier alpha value is -2.41. The lowest BCUT2D eigenvalue weighted by Crippen LogP contribution is -2.44. The fourth-order valence-corrected chi connectivity index (χ4v) is 6.38. The normalized spacial score (nSPS) is 23.5. The molecule has 2 atom stereocenters. The molecule has 196 valence electrons. The minimum absolute atomic E-state index is 0.0322. The van der Waals surface area contributed by atoms with E-state index < -0.39 is 0 Å². The molecule has 7 nitrogen and oxygen atoms in total. The van der Waals surface area contributed by atoms with Gasteiger partial charge < -0.3 is 14.6 Å². The molecule has 1 aromatic heterocycles. The summed E-state index contributed by atoms with van der Waals surface area (Å²) in [5.41, 5.74) is 2.15. The maximum absolute atomic E-state index is 13.6. The van der Waals surface area contributed by atoms with Crippen molar-refractivity contribution in [2.75, 3.05) is 20.7 Å². The summed E-state index contributed by atoms with van der Waals surface area (Å²) >= 11 is 0. The van der Waals surface area contributed by atoms with Crippen molar-refractivity contribution < 1.29 is 9.53 Å². The highest BCUT2D eigenvalue weighted by Crippen LogP contribution is 2.42. The van der Waals surface area contributed by atoms with Crippen LogP contribution in [-0.4, -0.2) is 46.3 Å². The Balaban J connectivity index is 1.32. The maximum Gasteiger partial charge on any atom is 0.225 e. The molecular formula is C29H43N5O2. The lowest BCUT2D eigenvalue weighted by Gasteiger charge is -2.38. The number of hydrogen-bond acceptors (Lipinski definition) is 5. The summed E-state index contributed by atoms with van der Waals surface area (Å²) in [5.74, 6) is 3.77. The van der Waals surface area contributed by atoms with Crippen LogP contribution in [0.5, 0.6) is 5.75 Å². The lowest BCUT2D eigenvalue weighted by atomic mass is 9.86. The van der Waals surface area contributed by atoms with Crippen molar-refractivity contribution in [3.63, 3.8) is 0 Å². The third-order valence-electron chi connectivity index (χ3n) is 8.58. The molecule has 3 aliphatic rings. The predicted octanol–water partition coefficient (Wildman–Crippen LogP) is 5.14. The first kappa shape index (κ1) is 25.2. The number of nitrogens with one attached hydrogen (secondary N) is 1. The highest BCUT2D eigenvalue weighted by Gasteiger charge is 2.41. The number of likely N-dealkylation sites (tertiary alicyclic amines) is 1. The number of nitrogens with zero attached hydrogens (tertiary/aromatic N) is 4. The van der Waals surface area contributed by atoms with Crippen molar-refractivity contribution in [3.05, 3.63) is 41.0 Å². The SMILES string of the molecule is COc1cc(C)ccc1CNC(=O)[C@H]1CCCN(C)[C@@H]1c1nnc(CCC2CCCCC2)n1C1CC1. The largest absolute Gasteiger partial charge is 0.496 e. The Morgan fingerprint density at radius 3 is 2.64 bits per heavy atom. The zero-order valence-electron chi connectivity index (χ0n) is 22.3. The van der Waals surface area contributed by atoms with Crippen molar-refractivity contribution in [3.8, 4) is 5.75 Å². The van der Waals surface area contributed by atoms with Gasteiger partial charge in [-0.25, -0.2) is 0 Å². The van der Waals surface area contributed by atoms with Gasteiger partial charge in [0, 0.05) is 24.6 Å². The second-order valence-electron chi connectivity index (χ2n) is 11.3. The minimum atomic E-state index is -0.131. The molecule has 2 aromatic rings. The van der Waals surface area contributed by atoms with Gasteiger partial charge in [0.25, 0.3) is 0 Å². The zero-order chi connectivity index (χ0) is 25.1. The van der Waals surface area contributed by atoms with Crippen LogP contribution in [0.4, 0.5) is 0 Å². The number of rotatable bonds is 9. The fourth-order valence-electron chi connectivity index (χ4n) is 6.38. The lowest BCUT2D eigenvalue weighted by molar-refractivity contribution is -0.129. The molecule has 0 spiro atoms. The monoisotopic (exact) mass is 493 g/mol. The summed E-state index contributed by atoms with van der Waals surface area (Å²) in [6, 6.07) is 6.60. The quantitative estimate of drug-likeness (QED) is 0.524. The van der Waals surface area contributed by atoms with Gasteiger partial charge >= 0.3 is 0 Å². The fraction of sp³-hybridized carbons (Fsp3) is 0.690. The van der Waals surface area contributed by atoms with Crippen LogP contribution in [0.25, 0.3) is 0 Å². The highest BCUT2D eigenvalue weighted by molar-refractivity contribution is 5.79. The Bertz CT molecular complexity index is 1040. The summed E-state index contributed by atoms with van der Waals surface area (Å²) < 4.78 is 7.98. The summed E-state index contributed by atoms with van der Waals surface area (Å²) in [5, 5.41) is 12.7. The van der Waals surface area contributed by atoms with Crippen LogP contribution in [0, 0.1) is 18.8 Å². The van der Waals surface area contributed by atoms with Gasteiger partial charge in [-0.05, 0) is 70.2 Å². The standard InChI is InChI=1S/C29H43N5O2/c1-20-11-13-22(25(18-20)36-3)19-30-29(35)24-10-7-17-33(2)27(24)28-32-31-26(34(28)23-14-15-23)16-12-21-8-5-4-6-9-21/h11,13,18,21,23-24,27H,4-10,12,14-17,19H2,1-3H3,(H,30,35)/t24-,27-/m0/s1. The summed E-state index contributed by atoms with van der Waals surface area (Å²) in [6.07, 6.45) is 13.4. The van der Waals surface area contributed by atoms with E-state index in [0.29, 0.717) is 12.6 Å². The summed E-state index contributed by atoms with van der Waals surface area (Å²) in [7, 11) is 3.82. The first-order valence-corrected chi connectivity index (χ1v) is 14.1. The average molecular weight is 494 g/mol. The molecule has 1 amide bonds. The maximum atomic E-state index is 13.6. The van der Waals surface area contributed by atoms with Crippen LogP contribution in [0.2, 0.25) is 0 Å². The Morgan fingerprint density at radius 2 is 1.89 bits per heavy atom. The second kappa shape index (κ2) is 11.3. The van der Waals surface area contributed by atoms with Gasteiger partial charge in [-0.1, -0.05) is 44.2 Å². The third-order valence-corrected chi connectivity index (χ3v) is 8.58. The van der Waals surface area contributed by atoms with Crippen LogP contribution in [0.1, 0.15) is 99.1 Å². The number of aromatic nitrogens is 3. The molecule has 2 heterocycles. The Labute approximate surface area is 216 Å². The molecule has 5 rings (SSSR count). The first-order chi connectivity index (χ1) is 17.5. The van der Waals surface area contributed by atoms with Crippen molar-refractivity contribution in [2.24, 2.45) is 11.8 Å². The molecule has 2 saturated carbocycles. The number of ether oxygens (including phenoxy) is 1. The highest BCUT2D eigenvalue weighted by atomic mass is 16.5. The van der Waals surface area contributed by atoms with E-state index in [1.165, 1.54) is 51.4 Å². The topological polar surface area (TPSA) is 72.3 Å². The van der Waals surface area contributed by atoms with Gasteiger partial charge in [0.2, 0.25) is 5.91 Å². The Kier molecular flexibility index (Phi) is 7.94. The van der Waals surface area contributed by atoms with Crippen molar-refractivity contribution in [2.45, 2.75) is 96.2 Å². The van der Waals surface area contributed by atoms with E-state index in [0.717, 1.165) is 60.3 Å². The van der Waals surface area contributed by atoms with Crippen LogP contribution in [0.15, 0.2) is 18.2 Å². The molecule has 0 radical (unpaired) electrons. The van der Waals surface area contributed by atoms with Crippen molar-refractivity contribution >= 4 is 5.91 Å². The minimum Gasteiger partial charge on any atom is -0.496 e. The molecule has 36 heavy (non-hydrogen) atoms. The summed E-state index contributed by atoms with van der Waals surface area (Å²) in [6.45, 7) is 3.50. The van der Waals surface area contributed by atoms with E-state index in [2.05, 4.69) is 27.9 Å². The number of carbonyl (C=O) groups is 1. The average Bonchev–Trinajstić information content (AvgIpc) is 3.66. The number of hydrogen-bond donors (Lipinski definition) is 1. The molecule has 0 bridgehead atoms. The van der Waals surface area contributed by atoms with Crippen molar-refractivity contribution in [1.82, 2.24) is 25.0 Å². The summed E-state index contributed by atoms with van der Waals surface area (Å²) in [4.78, 5) is 15.9. The molecule has 2 aliphatic carbocycles. The van der Waals surface area contributed by atoms with Gasteiger partial charge in [0.05, 0.1) is 19.1 Å². The molecular weight excluding hydrogens is 450 g/mol. The molecule has 7 heteroatoms. The molecule has 1 aliphatic heterocycles. The molecule has 0 unspecified atom stereocenters. The van der Waals surface area contributed by atoms with E-state index in [-0.39, 0.29) is 17.9 Å². The van der Waals surface area contributed by atoms with Gasteiger partial charge in [0.15, 0.2) is 5.82 Å². The van der Waals surface area contributed by atoms with E-state index >= 15 is 0 Å². The van der Waals surface area contributed by atoms with Crippen LogP contribution in [-0.2, 0) is 17.8 Å². The van der Waals surface area contributed by atoms with Gasteiger partial charge in [-0.3, -0.25) is 9.69 Å². The van der Waals surface area contributed by atoms with Crippen LogP contribution in [0.3, 0.4) is 0 Å². The Morgan fingerprint density at radius 1 is 1.08 bits per heavy atom. The van der Waals surface area contributed by atoms with E-state index in [9.17, 15) is 4.79 Å². The third kappa shape index (κ3) is 5.61. The molecule has 1 N–H and O–H groups in total. The van der Waals surface area contributed by atoms with Crippen LogP contribution < -0.4 is 10.1 Å². The van der Waals surface area contributed by atoms with Crippen molar-refractivity contribution in [1.29, 1.82) is 0 Å². The number of piperidine rings is 1. The number of benzene rings is 1. The number of methoxy groups -OCH3 is 1.